The number of rotatable bonds is 4. The predicted molar refractivity (Wildman–Crippen MR) is 144 cm³/mol. The maximum atomic E-state index is 3.94. The summed E-state index contributed by atoms with van der Waals surface area (Å²) in [5, 5.41) is 8.31. The van der Waals surface area contributed by atoms with Crippen LogP contribution >= 0.6 is 0 Å². The lowest BCUT2D eigenvalue weighted by Gasteiger charge is -2.38. The Morgan fingerprint density at radius 1 is 0.914 bits per heavy atom. The zero-order chi connectivity index (χ0) is 24.0. The third kappa shape index (κ3) is 2.21. The Hall–Kier alpha value is -2.71. The van der Waals surface area contributed by atoms with Crippen molar-refractivity contribution in [2.45, 2.75) is 76.9 Å². The average Bonchev–Trinajstić information content (AvgIpc) is 3.68. The molecule has 4 aromatic rings. The first-order chi connectivity index (χ1) is 16.8. The van der Waals surface area contributed by atoms with Gasteiger partial charge in [-0.1, -0.05) is 84.0 Å². The van der Waals surface area contributed by atoms with Gasteiger partial charge in [-0.05, 0) is 45.9 Å². The molecule has 3 aliphatic carbocycles. The van der Waals surface area contributed by atoms with E-state index in [1.54, 1.807) is 5.56 Å². The van der Waals surface area contributed by atoms with Crippen molar-refractivity contribution in [2.75, 3.05) is 0 Å². The fraction of sp³-hybridized carbons (Fsp3) is 0.424. The lowest BCUT2D eigenvalue weighted by atomic mass is 9.67. The van der Waals surface area contributed by atoms with E-state index in [4.69, 9.17) is 0 Å². The van der Waals surface area contributed by atoms with E-state index in [1.165, 1.54) is 49.6 Å². The van der Waals surface area contributed by atoms with Crippen molar-refractivity contribution in [3.8, 4) is 11.3 Å². The first-order valence-electron chi connectivity index (χ1n) is 13.6. The molecule has 2 heteroatoms. The van der Waals surface area contributed by atoms with Gasteiger partial charge in [0.15, 0.2) is 6.04 Å². The van der Waals surface area contributed by atoms with E-state index in [0.717, 1.165) is 6.42 Å². The molecule has 35 heavy (non-hydrogen) atoms. The van der Waals surface area contributed by atoms with Gasteiger partial charge in [0.05, 0.1) is 16.9 Å². The number of pyridine rings is 1. The van der Waals surface area contributed by atoms with E-state index < -0.39 is 0 Å². The summed E-state index contributed by atoms with van der Waals surface area (Å²) >= 11 is 0. The molecule has 2 nitrogen and oxygen atoms in total. The Balaban J connectivity index is 1.53. The molecule has 4 atom stereocenters. The highest BCUT2D eigenvalue weighted by Gasteiger charge is 2.95. The Bertz CT molecular complexity index is 1610. The van der Waals surface area contributed by atoms with Crippen molar-refractivity contribution in [1.82, 2.24) is 5.32 Å². The Morgan fingerprint density at radius 3 is 2.49 bits per heavy atom. The summed E-state index contributed by atoms with van der Waals surface area (Å²) in [6.07, 6.45) is 1.13. The number of aromatic nitrogens is 1. The summed E-state index contributed by atoms with van der Waals surface area (Å²) in [7, 11) is 0. The monoisotopic (exact) mass is 459 g/mol. The highest BCUT2D eigenvalue weighted by atomic mass is 15.3. The van der Waals surface area contributed by atoms with Crippen LogP contribution in [0.1, 0.15) is 69.8 Å². The smallest absolute Gasteiger partial charge is 0.218 e. The quantitative estimate of drug-likeness (QED) is 0.341. The molecule has 2 fully saturated rings. The lowest BCUT2D eigenvalue weighted by Crippen LogP contribution is -2.52. The number of benzene rings is 3. The first-order valence-corrected chi connectivity index (χ1v) is 13.6. The number of hydrogen-bond acceptors (Lipinski definition) is 1. The van der Waals surface area contributed by atoms with Gasteiger partial charge in [0, 0.05) is 34.5 Å². The van der Waals surface area contributed by atoms with Gasteiger partial charge < -0.3 is 5.32 Å². The van der Waals surface area contributed by atoms with Crippen LogP contribution in [0, 0.1) is 11.8 Å². The minimum absolute atomic E-state index is 0.0273. The fourth-order valence-corrected chi connectivity index (χ4v) is 8.31. The molecule has 2 heterocycles. The summed E-state index contributed by atoms with van der Waals surface area (Å²) in [6.45, 7) is 14.2. The van der Waals surface area contributed by atoms with E-state index in [0.29, 0.717) is 30.0 Å². The van der Waals surface area contributed by atoms with Gasteiger partial charge in [-0.2, -0.15) is 4.57 Å². The summed E-state index contributed by atoms with van der Waals surface area (Å²) in [6, 6.07) is 23.2. The minimum Gasteiger partial charge on any atom is -0.310 e. The normalized spacial score (nSPS) is 27.9. The lowest BCUT2D eigenvalue weighted by molar-refractivity contribution is -0.678. The van der Waals surface area contributed by atoms with Gasteiger partial charge in [0.2, 0.25) is 11.2 Å². The van der Waals surface area contributed by atoms with Crippen LogP contribution < -0.4 is 9.88 Å². The van der Waals surface area contributed by atoms with Crippen LogP contribution in [0.15, 0.2) is 54.6 Å². The van der Waals surface area contributed by atoms with Crippen LogP contribution in [0.25, 0.3) is 32.9 Å². The molecule has 1 N–H and O–H groups in total. The van der Waals surface area contributed by atoms with Crippen molar-refractivity contribution in [2.24, 2.45) is 11.8 Å². The molecule has 1 aliphatic heterocycles. The third-order valence-electron chi connectivity index (χ3n) is 9.77. The second-order valence-corrected chi connectivity index (χ2v) is 12.9. The fourth-order valence-electron chi connectivity index (χ4n) is 8.31. The van der Waals surface area contributed by atoms with Gasteiger partial charge in [-0.3, -0.25) is 0 Å². The molecule has 4 unspecified atom stereocenters. The van der Waals surface area contributed by atoms with Gasteiger partial charge in [-0.25, -0.2) is 0 Å². The highest BCUT2D eigenvalue weighted by molar-refractivity contribution is 6.05. The molecule has 3 aromatic carbocycles. The van der Waals surface area contributed by atoms with Crippen molar-refractivity contribution < 1.29 is 4.57 Å². The van der Waals surface area contributed by atoms with Gasteiger partial charge in [0.25, 0.3) is 0 Å². The van der Waals surface area contributed by atoms with E-state index in [1.807, 2.05) is 0 Å². The van der Waals surface area contributed by atoms with E-state index in [-0.39, 0.29) is 10.8 Å². The topological polar surface area (TPSA) is 15.9 Å². The van der Waals surface area contributed by atoms with Crippen LogP contribution in [0.3, 0.4) is 0 Å². The SMILES string of the molecule is CC(C)Cc1cccc2c1cc1c3[n+]2C2C4C(NC(C)C)C42c2ccc4cccc(c4c2-3)C1(C)C. The number of fused-ring (bicyclic) bond motifs is 4. The number of hydrogen-bond donors (Lipinski definition) is 1. The molecule has 0 saturated heterocycles. The first kappa shape index (κ1) is 20.5. The zero-order valence-electron chi connectivity index (χ0n) is 21.7. The maximum Gasteiger partial charge on any atom is 0.218 e. The van der Waals surface area contributed by atoms with Crippen LogP contribution in [-0.2, 0) is 17.3 Å². The molecule has 0 amide bonds. The standard InChI is InChI=1S/C33H35N2/c1-17(2)15-20-10-8-12-25-21(20)16-24-29-27-23(33-28(31(33)35(25)29)30(33)34-18(3)4)14-13-19-9-7-11-22(26(19)27)32(24,5)6/h7-14,16-18,28,30-31,34H,15H2,1-6H3/q+1. The number of nitrogens with one attached hydrogen (secondary N) is 1. The van der Waals surface area contributed by atoms with Crippen LogP contribution in [0.4, 0.5) is 0 Å². The molecular formula is C33H35N2+. The summed E-state index contributed by atoms with van der Waals surface area (Å²) < 4.78 is 2.82. The maximum absolute atomic E-state index is 3.94. The minimum atomic E-state index is -0.0273. The van der Waals surface area contributed by atoms with Crippen molar-refractivity contribution in [3.63, 3.8) is 0 Å². The Morgan fingerprint density at radius 2 is 1.71 bits per heavy atom. The summed E-state index contributed by atoms with van der Waals surface area (Å²) in [5.74, 6) is 1.35. The largest absolute Gasteiger partial charge is 0.310 e. The third-order valence-corrected chi connectivity index (χ3v) is 9.77. The van der Waals surface area contributed by atoms with Crippen LogP contribution in [0.2, 0.25) is 0 Å². The molecule has 0 bridgehead atoms. The average molecular weight is 460 g/mol. The van der Waals surface area contributed by atoms with Crippen molar-refractivity contribution >= 4 is 21.7 Å². The second-order valence-electron chi connectivity index (χ2n) is 12.9. The molecule has 1 aromatic heterocycles. The molecule has 2 saturated carbocycles. The zero-order valence-corrected chi connectivity index (χ0v) is 21.7. The molecule has 176 valence electrons. The molecule has 0 radical (unpaired) electrons. The van der Waals surface area contributed by atoms with E-state index in [9.17, 15) is 0 Å². The summed E-state index contributed by atoms with van der Waals surface area (Å²) in [5.41, 5.74) is 10.9. The van der Waals surface area contributed by atoms with Crippen LogP contribution in [-0.4, -0.2) is 12.1 Å². The summed E-state index contributed by atoms with van der Waals surface area (Å²) in [4.78, 5) is 0. The van der Waals surface area contributed by atoms with E-state index in [2.05, 4.69) is 106 Å². The van der Waals surface area contributed by atoms with Crippen molar-refractivity contribution in [3.05, 3.63) is 76.9 Å². The molecule has 4 aliphatic rings. The molecular weight excluding hydrogens is 424 g/mol. The molecule has 1 spiro atoms. The Kier molecular flexibility index (Phi) is 3.60. The van der Waals surface area contributed by atoms with Crippen LogP contribution in [0.5, 0.6) is 0 Å². The van der Waals surface area contributed by atoms with Gasteiger partial charge in [0.1, 0.15) is 0 Å². The van der Waals surface area contributed by atoms with E-state index >= 15 is 0 Å². The Labute approximate surface area is 208 Å². The highest BCUT2D eigenvalue weighted by Crippen LogP contribution is 2.83. The second kappa shape index (κ2) is 6.16. The van der Waals surface area contributed by atoms with Gasteiger partial charge >= 0.3 is 0 Å². The predicted octanol–water partition coefficient (Wildman–Crippen LogP) is 6.59. The number of nitrogens with zero attached hydrogens (tertiary/aromatic N) is 1. The molecule has 8 rings (SSSR count). The van der Waals surface area contributed by atoms with Crippen molar-refractivity contribution in [1.29, 1.82) is 0 Å². The van der Waals surface area contributed by atoms with Gasteiger partial charge in [-0.15, -0.1) is 0 Å².